The third kappa shape index (κ3) is 4.90. The van der Waals surface area contributed by atoms with E-state index in [2.05, 4.69) is 20.5 Å². The molecular weight excluding hydrogens is 127 g/mol. The van der Waals surface area contributed by atoms with Crippen LogP contribution in [0.2, 0.25) is 0 Å². The Morgan fingerprint density at radius 1 is 1.11 bits per heavy atom. The van der Waals surface area contributed by atoms with Crippen molar-refractivity contribution in [2.24, 2.45) is 0 Å². The lowest BCUT2D eigenvalue weighted by atomic mass is 10.2. The first-order chi connectivity index (χ1) is 4.35. The van der Waals surface area contributed by atoms with Gasteiger partial charge in [-0.15, -0.1) is 8.58 Å². The van der Waals surface area contributed by atoms with Crippen LogP contribution in [0.3, 0.4) is 0 Å². The van der Waals surface area contributed by atoms with Gasteiger partial charge in [0.05, 0.1) is 0 Å². The van der Waals surface area contributed by atoms with Crippen molar-refractivity contribution in [2.45, 2.75) is 45.2 Å². The van der Waals surface area contributed by atoms with Crippen LogP contribution in [0.15, 0.2) is 0 Å². The van der Waals surface area contributed by atoms with Gasteiger partial charge < -0.3 is 0 Å². The molecule has 1 heteroatoms. The highest BCUT2D eigenvalue weighted by Gasteiger charge is 2.01. The van der Waals surface area contributed by atoms with E-state index in [1.807, 2.05) is 0 Å². The van der Waals surface area contributed by atoms with E-state index >= 15 is 0 Å². The van der Waals surface area contributed by atoms with Crippen LogP contribution < -0.4 is 0 Å². The average molecular weight is 146 g/mol. The maximum atomic E-state index is 2.33. The summed E-state index contributed by atoms with van der Waals surface area (Å²) in [6.45, 7) is 6.89. The minimum Gasteiger partial charge on any atom is -0.122 e. The Bertz CT molecular complexity index is 46.5. The maximum absolute atomic E-state index is 2.33. The van der Waals surface area contributed by atoms with Gasteiger partial charge in [-0.25, -0.2) is 0 Å². The van der Waals surface area contributed by atoms with Crippen LogP contribution >= 0.6 is 8.58 Å². The summed E-state index contributed by atoms with van der Waals surface area (Å²) in [6, 6.07) is 0. The van der Waals surface area contributed by atoms with Crippen molar-refractivity contribution in [3.63, 3.8) is 0 Å². The van der Waals surface area contributed by atoms with Crippen LogP contribution in [0, 0.1) is 0 Å². The van der Waals surface area contributed by atoms with Crippen molar-refractivity contribution in [2.75, 3.05) is 6.66 Å². The van der Waals surface area contributed by atoms with Crippen molar-refractivity contribution in [1.29, 1.82) is 0 Å². The lowest BCUT2D eigenvalue weighted by Gasteiger charge is -2.10. The Hall–Kier alpha value is 0.430. The molecule has 0 heterocycles. The van der Waals surface area contributed by atoms with Crippen LogP contribution in [0.5, 0.6) is 0 Å². The fourth-order valence-corrected chi connectivity index (χ4v) is 2.28. The summed E-state index contributed by atoms with van der Waals surface area (Å²) in [6.07, 6.45) is 5.63. The Morgan fingerprint density at radius 2 is 1.56 bits per heavy atom. The Kier molecular flexibility index (Phi) is 6.86. The molecule has 0 aromatic carbocycles. The highest BCUT2D eigenvalue weighted by atomic mass is 31.1. The lowest BCUT2D eigenvalue weighted by molar-refractivity contribution is 0.670. The molecule has 0 aromatic heterocycles. The molecule has 1 atom stereocenters. The van der Waals surface area contributed by atoms with Gasteiger partial charge in [-0.2, -0.15) is 0 Å². The molecular formula is C8H19P. The molecule has 1 unspecified atom stereocenters. The number of hydrogen-bond donors (Lipinski definition) is 0. The molecule has 0 nitrogen and oxygen atoms in total. The van der Waals surface area contributed by atoms with Crippen LogP contribution in [0.25, 0.3) is 0 Å². The van der Waals surface area contributed by atoms with E-state index in [9.17, 15) is 0 Å². The topological polar surface area (TPSA) is 0 Å². The summed E-state index contributed by atoms with van der Waals surface area (Å²) in [5.41, 5.74) is 1.04. The van der Waals surface area contributed by atoms with E-state index in [-0.39, 0.29) is 0 Å². The van der Waals surface area contributed by atoms with Gasteiger partial charge in [-0.3, -0.25) is 0 Å². The number of rotatable bonds is 5. The smallest absolute Gasteiger partial charge is 0.0239 e. The van der Waals surface area contributed by atoms with Crippen molar-refractivity contribution in [3.8, 4) is 0 Å². The first kappa shape index (κ1) is 9.43. The second-order valence-electron chi connectivity index (χ2n) is 2.56. The standard InChI is InChI=1S/C8H19P/c1-4-6-8(9-3)7-5-2/h8-9H,4-7H2,1-3H3. The van der Waals surface area contributed by atoms with Gasteiger partial charge in [0.15, 0.2) is 0 Å². The molecule has 0 spiro atoms. The average Bonchev–Trinajstić information content (AvgIpc) is 1.88. The van der Waals surface area contributed by atoms with E-state index in [1.165, 1.54) is 25.7 Å². The molecule has 0 aliphatic rings. The lowest BCUT2D eigenvalue weighted by Crippen LogP contribution is -1.97. The fourth-order valence-electron chi connectivity index (χ4n) is 1.13. The third-order valence-corrected chi connectivity index (χ3v) is 3.08. The summed E-state index contributed by atoms with van der Waals surface area (Å²) in [7, 11) is 1.16. The summed E-state index contributed by atoms with van der Waals surface area (Å²) in [5.74, 6) is 0. The van der Waals surface area contributed by atoms with Crippen LogP contribution in [0.1, 0.15) is 39.5 Å². The zero-order valence-corrected chi connectivity index (χ0v) is 7.91. The van der Waals surface area contributed by atoms with E-state index in [0.717, 1.165) is 14.2 Å². The fraction of sp³-hybridized carbons (Fsp3) is 1.00. The first-order valence-electron chi connectivity index (χ1n) is 4.02. The predicted octanol–water partition coefficient (Wildman–Crippen LogP) is 3.26. The molecule has 0 aliphatic carbocycles. The highest BCUT2D eigenvalue weighted by molar-refractivity contribution is 7.37. The van der Waals surface area contributed by atoms with Crippen molar-refractivity contribution < 1.29 is 0 Å². The molecule has 0 N–H and O–H groups in total. The van der Waals surface area contributed by atoms with E-state index in [1.54, 1.807) is 0 Å². The zero-order chi connectivity index (χ0) is 7.11. The summed E-state index contributed by atoms with van der Waals surface area (Å²) in [4.78, 5) is 0. The molecule has 0 saturated heterocycles. The summed E-state index contributed by atoms with van der Waals surface area (Å²) >= 11 is 0. The quantitative estimate of drug-likeness (QED) is 0.522. The Morgan fingerprint density at radius 3 is 1.78 bits per heavy atom. The van der Waals surface area contributed by atoms with Crippen molar-refractivity contribution in [1.82, 2.24) is 0 Å². The van der Waals surface area contributed by atoms with Crippen LogP contribution in [0.4, 0.5) is 0 Å². The van der Waals surface area contributed by atoms with Gasteiger partial charge in [-0.1, -0.05) is 26.7 Å². The van der Waals surface area contributed by atoms with E-state index < -0.39 is 0 Å². The van der Waals surface area contributed by atoms with Gasteiger partial charge in [0, 0.05) is 0 Å². The minimum absolute atomic E-state index is 1.04. The zero-order valence-electron chi connectivity index (χ0n) is 6.91. The predicted molar refractivity (Wildman–Crippen MR) is 47.8 cm³/mol. The molecule has 9 heavy (non-hydrogen) atoms. The maximum Gasteiger partial charge on any atom is -0.0239 e. The Balaban J connectivity index is 3.18. The van der Waals surface area contributed by atoms with Crippen LogP contribution in [-0.4, -0.2) is 12.3 Å². The molecule has 0 amide bonds. The van der Waals surface area contributed by atoms with Gasteiger partial charge in [-0.05, 0) is 25.2 Å². The molecule has 0 rings (SSSR count). The van der Waals surface area contributed by atoms with E-state index in [0.29, 0.717) is 0 Å². The monoisotopic (exact) mass is 146 g/mol. The van der Waals surface area contributed by atoms with Gasteiger partial charge in [0.25, 0.3) is 0 Å². The SMILES string of the molecule is CCCC(CCC)PC. The molecule has 0 aromatic rings. The van der Waals surface area contributed by atoms with Crippen molar-refractivity contribution >= 4 is 8.58 Å². The van der Waals surface area contributed by atoms with Crippen LogP contribution in [-0.2, 0) is 0 Å². The molecule has 0 aliphatic heterocycles. The molecule has 0 fully saturated rings. The molecule has 0 radical (unpaired) electrons. The summed E-state index contributed by atoms with van der Waals surface area (Å²) in [5, 5.41) is 0. The highest BCUT2D eigenvalue weighted by Crippen LogP contribution is 2.23. The first-order valence-corrected chi connectivity index (χ1v) is 5.60. The van der Waals surface area contributed by atoms with Gasteiger partial charge in [0.2, 0.25) is 0 Å². The second kappa shape index (κ2) is 6.55. The Labute approximate surface area is 61.2 Å². The molecule has 0 saturated carbocycles. The number of hydrogen-bond acceptors (Lipinski definition) is 0. The van der Waals surface area contributed by atoms with E-state index in [4.69, 9.17) is 0 Å². The third-order valence-electron chi connectivity index (χ3n) is 1.68. The second-order valence-corrected chi connectivity index (χ2v) is 3.96. The van der Waals surface area contributed by atoms with Gasteiger partial charge >= 0.3 is 0 Å². The molecule has 56 valence electrons. The minimum atomic E-state index is 1.04. The normalized spacial score (nSPS) is 12.0. The summed E-state index contributed by atoms with van der Waals surface area (Å²) < 4.78 is 0. The van der Waals surface area contributed by atoms with Crippen molar-refractivity contribution in [3.05, 3.63) is 0 Å². The van der Waals surface area contributed by atoms with Gasteiger partial charge in [0.1, 0.15) is 0 Å². The largest absolute Gasteiger partial charge is 0.122 e. The molecule has 0 bridgehead atoms.